The van der Waals surface area contributed by atoms with Crippen molar-refractivity contribution in [1.82, 2.24) is 14.6 Å². The second-order valence-corrected chi connectivity index (χ2v) is 11.0. The van der Waals surface area contributed by atoms with Crippen molar-refractivity contribution in [3.8, 4) is 11.3 Å². The predicted octanol–water partition coefficient (Wildman–Crippen LogP) is 4.44. The van der Waals surface area contributed by atoms with Crippen LogP contribution in [0, 0.1) is 12.8 Å². The first-order valence-electron chi connectivity index (χ1n) is 12.9. The van der Waals surface area contributed by atoms with Gasteiger partial charge in [0.25, 0.3) is 5.91 Å². The molecule has 2 heterocycles. The average Bonchev–Trinajstić information content (AvgIpc) is 3.67. The lowest BCUT2D eigenvalue weighted by Crippen LogP contribution is -2.28. The Morgan fingerprint density at radius 2 is 1.90 bits per heavy atom. The van der Waals surface area contributed by atoms with Gasteiger partial charge < -0.3 is 14.8 Å². The van der Waals surface area contributed by atoms with E-state index < -0.39 is 28.9 Å². The van der Waals surface area contributed by atoms with Crippen LogP contribution in [-0.2, 0) is 27.4 Å². The van der Waals surface area contributed by atoms with Crippen molar-refractivity contribution < 1.29 is 32.7 Å². The molecule has 0 bridgehead atoms. The number of fused-ring (bicyclic) bond motifs is 1. The number of rotatable bonds is 13. The first-order valence-corrected chi connectivity index (χ1v) is 14.0. The SMILES string of the molecule is CNC(=O)c1c(-c2ccc(C)cc2)oc2nc(CN(CCCCC(C(C)=O)C(=O)O)S(=O)O)c(C3CC3)cc12. The topological polar surface area (TPSA) is 150 Å². The second kappa shape index (κ2) is 12.2. The largest absolute Gasteiger partial charge is 0.481 e. The molecule has 2 atom stereocenters. The molecule has 1 aromatic carbocycles. The van der Waals surface area contributed by atoms with Gasteiger partial charge >= 0.3 is 5.97 Å². The van der Waals surface area contributed by atoms with E-state index in [9.17, 15) is 28.3 Å². The van der Waals surface area contributed by atoms with Gasteiger partial charge in [0.15, 0.2) is 0 Å². The Morgan fingerprint density at radius 1 is 1.21 bits per heavy atom. The zero-order chi connectivity index (χ0) is 28.3. The fourth-order valence-electron chi connectivity index (χ4n) is 4.72. The van der Waals surface area contributed by atoms with E-state index in [1.54, 1.807) is 7.05 Å². The standard InChI is InChI=1S/C28H33N3O7S/c1-16-7-9-19(10-8-16)25-24(26(33)29-3)22-14-21(18-11-12-18)23(30-27(22)38-25)15-31(39(36)37)13-5-4-6-20(17(2)32)28(34)35/h7-10,14,18,20H,4-6,11-13,15H2,1-3H3,(H,29,33)(H,34,35)(H,36,37). The van der Waals surface area contributed by atoms with E-state index in [0.29, 0.717) is 35.2 Å². The van der Waals surface area contributed by atoms with Gasteiger partial charge in [0.1, 0.15) is 17.5 Å². The Labute approximate surface area is 229 Å². The molecule has 208 valence electrons. The van der Waals surface area contributed by atoms with Crippen LogP contribution in [0.5, 0.6) is 0 Å². The van der Waals surface area contributed by atoms with E-state index in [1.165, 1.54) is 11.2 Å². The number of carbonyl (C=O) groups excluding carboxylic acids is 2. The van der Waals surface area contributed by atoms with Crippen LogP contribution < -0.4 is 5.32 Å². The number of aryl methyl sites for hydroxylation is 1. The number of ketones is 1. The van der Waals surface area contributed by atoms with Gasteiger partial charge in [0.05, 0.1) is 23.2 Å². The molecule has 2 unspecified atom stereocenters. The van der Waals surface area contributed by atoms with Gasteiger partial charge in [0, 0.05) is 19.2 Å². The summed E-state index contributed by atoms with van der Waals surface area (Å²) in [6.45, 7) is 3.52. The number of furan rings is 1. The molecule has 1 fully saturated rings. The lowest BCUT2D eigenvalue weighted by atomic mass is 9.98. The van der Waals surface area contributed by atoms with E-state index >= 15 is 0 Å². The van der Waals surface area contributed by atoms with Gasteiger partial charge in [-0.05, 0) is 57.1 Å². The fourth-order valence-corrected chi connectivity index (χ4v) is 5.24. The van der Waals surface area contributed by atoms with Crippen molar-refractivity contribution in [2.75, 3.05) is 13.6 Å². The van der Waals surface area contributed by atoms with Crippen LogP contribution in [0.25, 0.3) is 22.4 Å². The lowest BCUT2D eigenvalue weighted by Gasteiger charge is -2.19. The van der Waals surface area contributed by atoms with Crippen molar-refractivity contribution >= 4 is 40.0 Å². The Hall–Kier alpha value is -3.41. The maximum atomic E-state index is 12.9. The van der Waals surface area contributed by atoms with Crippen molar-refractivity contribution in [1.29, 1.82) is 0 Å². The number of hydrogen-bond donors (Lipinski definition) is 3. The number of pyridine rings is 1. The number of amides is 1. The molecule has 0 aliphatic heterocycles. The molecule has 1 amide bonds. The maximum absolute atomic E-state index is 12.9. The predicted molar refractivity (Wildman–Crippen MR) is 146 cm³/mol. The molecule has 11 heteroatoms. The number of aliphatic carboxylic acids is 1. The number of nitrogens with zero attached hydrogens (tertiary/aromatic N) is 2. The summed E-state index contributed by atoms with van der Waals surface area (Å²) in [4.78, 5) is 40.5. The summed E-state index contributed by atoms with van der Waals surface area (Å²) in [6, 6.07) is 9.58. The molecule has 3 N–H and O–H groups in total. The van der Waals surface area contributed by atoms with E-state index in [0.717, 1.165) is 29.5 Å². The Balaban J connectivity index is 1.64. The van der Waals surface area contributed by atoms with Gasteiger partial charge in [-0.1, -0.05) is 36.2 Å². The molecule has 0 saturated heterocycles. The smallest absolute Gasteiger partial charge is 0.314 e. The molecule has 1 aliphatic carbocycles. The molecule has 0 radical (unpaired) electrons. The zero-order valence-electron chi connectivity index (χ0n) is 22.2. The Kier molecular flexibility index (Phi) is 8.94. The molecule has 4 rings (SSSR count). The van der Waals surface area contributed by atoms with Crippen molar-refractivity contribution in [3.05, 3.63) is 52.7 Å². The highest BCUT2D eigenvalue weighted by atomic mass is 32.2. The zero-order valence-corrected chi connectivity index (χ0v) is 23.0. The van der Waals surface area contributed by atoms with Gasteiger partial charge in [-0.2, -0.15) is 4.31 Å². The monoisotopic (exact) mass is 555 g/mol. The van der Waals surface area contributed by atoms with Crippen LogP contribution >= 0.6 is 0 Å². The summed E-state index contributed by atoms with van der Waals surface area (Å²) in [7, 11) is 1.56. The molecular formula is C28H33N3O7S. The minimum Gasteiger partial charge on any atom is -0.481 e. The van der Waals surface area contributed by atoms with Crippen molar-refractivity contribution in [2.24, 2.45) is 5.92 Å². The third kappa shape index (κ3) is 6.60. The highest BCUT2D eigenvalue weighted by molar-refractivity contribution is 7.76. The van der Waals surface area contributed by atoms with Gasteiger partial charge in [-0.25, -0.2) is 9.19 Å². The number of aromatic nitrogens is 1. The Morgan fingerprint density at radius 3 is 2.46 bits per heavy atom. The third-order valence-corrected chi connectivity index (χ3v) is 7.82. The van der Waals surface area contributed by atoms with Gasteiger partial charge in [-0.3, -0.25) is 18.9 Å². The first-order chi connectivity index (χ1) is 18.6. The molecule has 2 aromatic heterocycles. The summed E-state index contributed by atoms with van der Waals surface area (Å²) in [6.07, 6.45) is 2.94. The number of unbranched alkanes of at least 4 members (excludes halogenated alkanes) is 1. The number of carboxylic acids is 1. The van der Waals surface area contributed by atoms with Crippen molar-refractivity contribution in [3.63, 3.8) is 0 Å². The highest BCUT2D eigenvalue weighted by Gasteiger charge is 2.31. The third-order valence-electron chi connectivity index (χ3n) is 7.07. The average molecular weight is 556 g/mol. The molecular weight excluding hydrogens is 522 g/mol. The van der Waals surface area contributed by atoms with Crippen LogP contribution in [0.15, 0.2) is 34.7 Å². The summed E-state index contributed by atoms with van der Waals surface area (Å²) in [5.41, 5.74) is 4.02. The molecule has 1 aliphatic rings. The maximum Gasteiger partial charge on any atom is 0.314 e. The summed E-state index contributed by atoms with van der Waals surface area (Å²) < 4.78 is 29.7. The van der Waals surface area contributed by atoms with E-state index in [2.05, 4.69) is 5.32 Å². The quantitative estimate of drug-likeness (QED) is 0.159. The minimum absolute atomic E-state index is 0.0792. The number of carbonyl (C=O) groups is 3. The van der Waals surface area contributed by atoms with E-state index in [-0.39, 0.29) is 37.0 Å². The molecule has 1 saturated carbocycles. The number of hydrogen-bond acceptors (Lipinski definition) is 6. The van der Waals surface area contributed by atoms with E-state index in [4.69, 9.17) is 9.40 Å². The van der Waals surface area contributed by atoms with Crippen LogP contribution in [0.4, 0.5) is 0 Å². The number of carboxylic acid groups (broad SMARTS) is 1. The van der Waals surface area contributed by atoms with Crippen LogP contribution in [-0.4, -0.2) is 54.4 Å². The summed E-state index contributed by atoms with van der Waals surface area (Å²) >= 11 is -2.29. The molecule has 3 aromatic rings. The number of benzene rings is 1. The fraction of sp³-hybridized carbons (Fsp3) is 0.429. The molecule has 0 spiro atoms. The van der Waals surface area contributed by atoms with Crippen molar-refractivity contribution in [2.45, 2.75) is 58.4 Å². The first kappa shape index (κ1) is 28.6. The van der Waals surface area contributed by atoms with E-state index in [1.807, 2.05) is 37.3 Å². The normalized spacial score (nSPS) is 14.9. The molecule has 39 heavy (non-hydrogen) atoms. The highest BCUT2D eigenvalue weighted by Crippen LogP contribution is 2.44. The van der Waals surface area contributed by atoms with Gasteiger partial charge in [-0.15, -0.1) is 0 Å². The van der Waals surface area contributed by atoms with Crippen LogP contribution in [0.3, 0.4) is 0 Å². The molecule has 10 nitrogen and oxygen atoms in total. The van der Waals surface area contributed by atoms with Crippen LogP contribution in [0.2, 0.25) is 0 Å². The lowest BCUT2D eigenvalue weighted by molar-refractivity contribution is -0.146. The second-order valence-electron chi connectivity index (χ2n) is 9.99. The number of Topliss-reactive ketones (excluding diaryl/α,β-unsaturated/α-hetero) is 1. The van der Waals surface area contributed by atoms with Crippen LogP contribution in [0.1, 0.15) is 72.1 Å². The minimum atomic E-state index is -2.29. The number of nitrogens with one attached hydrogen (secondary N) is 1. The summed E-state index contributed by atoms with van der Waals surface area (Å²) in [5.74, 6) is -2.26. The summed E-state index contributed by atoms with van der Waals surface area (Å²) in [5, 5.41) is 12.5. The van der Waals surface area contributed by atoms with Gasteiger partial charge in [0.2, 0.25) is 17.0 Å². The Bertz CT molecular complexity index is 1400.